The number of nitrogen functional groups attached to an aromatic ring is 1. The van der Waals surface area contributed by atoms with Gasteiger partial charge in [-0.25, -0.2) is 8.42 Å². The average molecular weight is 270 g/mol. The molecule has 3 N–H and O–H groups in total. The summed E-state index contributed by atoms with van der Waals surface area (Å²) in [6.45, 7) is 2.44. The van der Waals surface area contributed by atoms with Crippen LogP contribution in [0.2, 0.25) is 0 Å². The highest BCUT2D eigenvalue weighted by atomic mass is 32.2. The van der Waals surface area contributed by atoms with Crippen LogP contribution in [-0.2, 0) is 9.84 Å². The Morgan fingerprint density at radius 3 is 2.89 bits per heavy atom. The predicted molar refractivity (Wildman–Crippen MR) is 72.7 cm³/mol. The molecule has 0 radical (unpaired) electrons. The molecule has 5 nitrogen and oxygen atoms in total. The van der Waals surface area contributed by atoms with Crippen molar-refractivity contribution in [2.24, 2.45) is 0 Å². The van der Waals surface area contributed by atoms with Crippen LogP contribution in [0.4, 0.5) is 11.4 Å². The normalized spacial score (nSPS) is 21.7. The molecular formula is C12H18N2O3S. The van der Waals surface area contributed by atoms with Crippen molar-refractivity contribution in [2.45, 2.75) is 19.4 Å². The number of hydrogen-bond donors (Lipinski definition) is 2. The molecule has 1 unspecified atom stereocenters. The van der Waals surface area contributed by atoms with Crippen molar-refractivity contribution in [3.8, 4) is 5.75 Å². The highest BCUT2D eigenvalue weighted by Gasteiger charge is 2.28. The third kappa shape index (κ3) is 2.87. The highest BCUT2D eigenvalue weighted by molar-refractivity contribution is 7.91. The molecule has 1 aromatic rings. The number of sulfone groups is 1. The van der Waals surface area contributed by atoms with Gasteiger partial charge >= 0.3 is 0 Å². The monoisotopic (exact) mass is 270 g/mol. The predicted octanol–water partition coefficient (Wildman–Crippen LogP) is 1.27. The number of nitrogens with two attached hydrogens (primary N) is 1. The zero-order valence-electron chi connectivity index (χ0n) is 10.3. The summed E-state index contributed by atoms with van der Waals surface area (Å²) in [6, 6.07) is 5.42. The standard InChI is InChI=1S/C12H18N2O3S/c1-2-17-11-5-3-4-10(12(11)13)14-9-6-7-18(15,16)8-9/h3-5,9,14H,2,6-8,13H2,1H3. The Hall–Kier alpha value is -1.43. The average Bonchev–Trinajstić information content (AvgIpc) is 2.64. The lowest BCUT2D eigenvalue weighted by atomic mass is 10.2. The van der Waals surface area contributed by atoms with Crippen LogP contribution in [-0.4, -0.2) is 32.6 Å². The van der Waals surface area contributed by atoms with Gasteiger partial charge in [0.2, 0.25) is 0 Å². The van der Waals surface area contributed by atoms with Crippen molar-refractivity contribution in [3.05, 3.63) is 18.2 Å². The van der Waals surface area contributed by atoms with E-state index in [0.717, 1.165) is 5.69 Å². The van der Waals surface area contributed by atoms with E-state index in [2.05, 4.69) is 5.32 Å². The molecule has 0 aliphatic carbocycles. The fourth-order valence-electron chi connectivity index (χ4n) is 2.08. The number of rotatable bonds is 4. The van der Waals surface area contributed by atoms with E-state index in [0.29, 0.717) is 24.5 Å². The Labute approximate surface area is 107 Å². The summed E-state index contributed by atoms with van der Waals surface area (Å²) in [4.78, 5) is 0. The summed E-state index contributed by atoms with van der Waals surface area (Å²) in [5.74, 6) is 1.05. The van der Waals surface area contributed by atoms with Crippen molar-refractivity contribution in [1.29, 1.82) is 0 Å². The Morgan fingerprint density at radius 1 is 1.50 bits per heavy atom. The summed E-state index contributed by atoms with van der Waals surface area (Å²) in [7, 11) is -2.88. The van der Waals surface area contributed by atoms with Gasteiger partial charge in [0.15, 0.2) is 9.84 Å². The van der Waals surface area contributed by atoms with Gasteiger partial charge in [0.05, 0.1) is 29.5 Å². The third-order valence-corrected chi connectivity index (χ3v) is 4.73. The first-order valence-corrected chi connectivity index (χ1v) is 7.82. The maximum atomic E-state index is 11.4. The van der Waals surface area contributed by atoms with E-state index in [1.54, 1.807) is 6.07 Å². The van der Waals surface area contributed by atoms with Gasteiger partial charge in [-0.2, -0.15) is 0 Å². The maximum absolute atomic E-state index is 11.4. The van der Waals surface area contributed by atoms with Gasteiger partial charge in [0.25, 0.3) is 0 Å². The minimum absolute atomic E-state index is 0.0609. The van der Waals surface area contributed by atoms with Crippen molar-refractivity contribution in [2.75, 3.05) is 29.2 Å². The highest BCUT2D eigenvalue weighted by Crippen LogP contribution is 2.30. The van der Waals surface area contributed by atoms with Crippen LogP contribution in [0.15, 0.2) is 18.2 Å². The molecule has 1 fully saturated rings. The molecule has 0 bridgehead atoms. The number of ether oxygens (including phenoxy) is 1. The Bertz CT molecular complexity index is 528. The van der Waals surface area contributed by atoms with E-state index in [1.807, 2.05) is 19.1 Å². The van der Waals surface area contributed by atoms with Gasteiger partial charge in [-0.15, -0.1) is 0 Å². The van der Waals surface area contributed by atoms with Crippen LogP contribution in [0.1, 0.15) is 13.3 Å². The van der Waals surface area contributed by atoms with E-state index in [1.165, 1.54) is 0 Å². The SMILES string of the molecule is CCOc1cccc(NC2CCS(=O)(=O)C2)c1N. The molecule has 100 valence electrons. The number of nitrogens with one attached hydrogen (secondary N) is 1. The second-order valence-electron chi connectivity index (χ2n) is 4.39. The van der Waals surface area contributed by atoms with Crippen molar-refractivity contribution >= 4 is 21.2 Å². The number of anilines is 2. The molecule has 1 saturated heterocycles. The Balaban J connectivity index is 2.12. The first-order chi connectivity index (χ1) is 8.52. The lowest BCUT2D eigenvalue weighted by molar-refractivity contribution is 0.342. The van der Waals surface area contributed by atoms with E-state index < -0.39 is 9.84 Å². The molecule has 1 aromatic carbocycles. The number of para-hydroxylation sites is 1. The molecule has 1 heterocycles. The molecule has 1 aliphatic rings. The van der Waals surface area contributed by atoms with E-state index in [9.17, 15) is 8.42 Å². The largest absolute Gasteiger partial charge is 0.492 e. The zero-order valence-corrected chi connectivity index (χ0v) is 11.2. The minimum Gasteiger partial charge on any atom is -0.492 e. The van der Waals surface area contributed by atoms with Crippen LogP contribution in [0.25, 0.3) is 0 Å². The molecule has 2 rings (SSSR count). The molecule has 0 spiro atoms. The molecule has 1 atom stereocenters. The lowest BCUT2D eigenvalue weighted by Crippen LogP contribution is -2.21. The summed E-state index contributed by atoms with van der Waals surface area (Å²) in [5, 5.41) is 3.18. The summed E-state index contributed by atoms with van der Waals surface area (Å²) >= 11 is 0. The van der Waals surface area contributed by atoms with Crippen LogP contribution < -0.4 is 15.8 Å². The number of hydrogen-bond acceptors (Lipinski definition) is 5. The van der Waals surface area contributed by atoms with Gasteiger partial charge in [0, 0.05) is 6.04 Å². The van der Waals surface area contributed by atoms with Crippen LogP contribution in [0.3, 0.4) is 0 Å². The fourth-order valence-corrected chi connectivity index (χ4v) is 3.75. The molecule has 6 heteroatoms. The van der Waals surface area contributed by atoms with Gasteiger partial charge in [-0.1, -0.05) is 6.07 Å². The lowest BCUT2D eigenvalue weighted by Gasteiger charge is -2.16. The van der Waals surface area contributed by atoms with Gasteiger partial charge in [-0.05, 0) is 25.5 Å². The van der Waals surface area contributed by atoms with Gasteiger partial charge in [-0.3, -0.25) is 0 Å². The van der Waals surface area contributed by atoms with Crippen molar-refractivity contribution in [1.82, 2.24) is 0 Å². The summed E-state index contributed by atoms with van der Waals surface area (Å²) < 4.78 is 28.2. The molecule has 0 aromatic heterocycles. The van der Waals surface area contributed by atoms with E-state index >= 15 is 0 Å². The second-order valence-corrected chi connectivity index (χ2v) is 6.62. The topological polar surface area (TPSA) is 81.4 Å². The van der Waals surface area contributed by atoms with Crippen molar-refractivity contribution in [3.63, 3.8) is 0 Å². The molecule has 1 aliphatic heterocycles. The third-order valence-electron chi connectivity index (χ3n) is 2.96. The smallest absolute Gasteiger partial charge is 0.152 e. The fraction of sp³-hybridized carbons (Fsp3) is 0.500. The van der Waals surface area contributed by atoms with E-state index in [4.69, 9.17) is 10.5 Å². The van der Waals surface area contributed by atoms with Crippen molar-refractivity contribution < 1.29 is 13.2 Å². The summed E-state index contributed by atoms with van der Waals surface area (Å²) in [5.41, 5.74) is 7.25. The first kappa shape index (κ1) is 13.0. The first-order valence-electron chi connectivity index (χ1n) is 6.00. The molecule has 0 saturated carbocycles. The molecular weight excluding hydrogens is 252 g/mol. The van der Waals surface area contributed by atoms with Crippen LogP contribution in [0.5, 0.6) is 5.75 Å². The second kappa shape index (κ2) is 5.06. The molecule has 18 heavy (non-hydrogen) atoms. The van der Waals surface area contributed by atoms with Gasteiger partial charge in [0.1, 0.15) is 5.75 Å². The summed E-state index contributed by atoms with van der Waals surface area (Å²) in [6.07, 6.45) is 0.626. The Kier molecular flexibility index (Phi) is 3.65. The zero-order chi connectivity index (χ0) is 13.2. The molecule has 0 amide bonds. The Morgan fingerprint density at radius 2 is 2.28 bits per heavy atom. The minimum atomic E-state index is -2.88. The van der Waals surface area contributed by atoms with Crippen LogP contribution in [0, 0.1) is 0 Å². The van der Waals surface area contributed by atoms with E-state index in [-0.39, 0.29) is 17.5 Å². The van der Waals surface area contributed by atoms with Crippen LogP contribution >= 0.6 is 0 Å². The quantitative estimate of drug-likeness (QED) is 0.805. The maximum Gasteiger partial charge on any atom is 0.152 e. The van der Waals surface area contributed by atoms with Gasteiger partial charge < -0.3 is 15.8 Å². The number of benzene rings is 1.